The Balaban J connectivity index is 2.26. The Morgan fingerprint density at radius 1 is 0.941 bits per heavy atom. The molecular weight excluding hydrogens is 323 g/mol. The van der Waals surface area contributed by atoms with E-state index in [0.717, 1.165) is 16.7 Å². The molecule has 0 saturated carbocycles. The van der Waals surface area contributed by atoms with E-state index in [2.05, 4.69) is 40.8 Å². The van der Waals surface area contributed by atoms with Crippen molar-refractivity contribution in [2.75, 3.05) is 0 Å². The number of hydrogen-bond acceptors (Lipinski definition) is 1. The summed E-state index contributed by atoms with van der Waals surface area (Å²) in [6, 6.07) is 16.2. The third kappa shape index (κ3) is 1.80. The summed E-state index contributed by atoms with van der Waals surface area (Å²) >= 11 is 2.42. The Morgan fingerprint density at radius 3 is 2.41 bits per heavy atom. The second-order valence-electron chi connectivity index (χ2n) is 4.25. The van der Waals surface area contributed by atoms with E-state index in [4.69, 9.17) is 0 Å². The number of carbonyl (C=O) groups is 1. The number of Topliss-reactive ketones (excluding diaryl/α,β-unsaturated/α-hetero) is 1. The molecule has 0 spiro atoms. The number of halogens is 1. The lowest BCUT2D eigenvalue weighted by molar-refractivity contribution is 0.0993. The van der Waals surface area contributed by atoms with Gasteiger partial charge in [-0.25, -0.2) is 0 Å². The molecule has 84 valence electrons. The van der Waals surface area contributed by atoms with E-state index in [0.29, 0.717) is 6.42 Å². The van der Waals surface area contributed by atoms with Crippen LogP contribution in [0.1, 0.15) is 31.0 Å². The standard InChI is InChI=1S/C15H11IO/c16-15-11-6-2-1-5-10(11)9-14(17)12-7-3-4-8-13(12)15/h1-8,15H,9H2. The Hall–Kier alpha value is -1.16. The van der Waals surface area contributed by atoms with Crippen molar-refractivity contribution in [3.8, 4) is 0 Å². The molecule has 1 aliphatic rings. The Kier molecular flexibility index (Phi) is 2.74. The minimum absolute atomic E-state index is 0.229. The monoisotopic (exact) mass is 334 g/mol. The quantitative estimate of drug-likeness (QED) is 0.527. The lowest BCUT2D eigenvalue weighted by Crippen LogP contribution is -2.03. The van der Waals surface area contributed by atoms with Crippen LogP contribution < -0.4 is 0 Å². The van der Waals surface area contributed by atoms with E-state index in [1.165, 1.54) is 5.56 Å². The first-order valence-electron chi connectivity index (χ1n) is 5.61. The number of alkyl halides is 1. The van der Waals surface area contributed by atoms with Crippen molar-refractivity contribution in [2.24, 2.45) is 0 Å². The summed E-state index contributed by atoms with van der Waals surface area (Å²) < 4.78 is 0.270. The van der Waals surface area contributed by atoms with Gasteiger partial charge < -0.3 is 0 Å². The maximum absolute atomic E-state index is 12.2. The predicted molar refractivity (Wildman–Crippen MR) is 76.8 cm³/mol. The average Bonchev–Trinajstić information content (AvgIpc) is 2.48. The number of benzene rings is 2. The van der Waals surface area contributed by atoms with Crippen LogP contribution in [0, 0.1) is 0 Å². The van der Waals surface area contributed by atoms with Crippen molar-refractivity contribution >= 4 is 28.4 Å². The zero-order valence-corrected chi connectivity index (χ0v) is 11.3. The van der Waals surface area contributed by atoms with E-state index < -0.39 is 0 Å². The van der Waals surface area contributed by atoms with Crippen molar-refractivity contribution in [2.45, 2.75) is 10.3 Å². The maximum Gasteiger partial charge on any atom is 0.167 e. The second kappa shape index (κ2) is 4.26. The van der Waals surface area contributed by atoms with Crippen molar-refractivity contribution in [1.82, 2.24) is 0 Å². The number of ketones is 1. The van der Waals surface area contributed by atoms with Gasteiger partial charge in [-0.15, -0.1) is 0 Å². The first kappa shape index (κ1) is 11.0. The fraction of sp³-hybridized carbons (Fsp3) is 0.133. The highest BCUT2D eigenvalue weighted by molar-refractivity contribution is 14.1. The Bertz CT molecular complexity index is 589. The molecule has 0 fully saturated rings. The first-order valence-corrected chi connectivity index (χ1v) is 6.86. The topological polar surface area (TPSA) is 17.1 Å². The van der Waals surface area contributed by atoms with Gasteiger partial charge in [0.15, 0.2) is 5.78 Å². The van der Waals surface area contributed by atoms with Gasteiger partial charge in [0.1, 0.15) is 0 Å². The van der Waals surface area contributed by atoms with Gasteiger partial charge in [-0.05, 0) is 16.7 Å². The molecule has 0 N–H and O–H groups in total. The highest BCUT2D eigenvalue weighted by Crippen LogP contribution is 2.38. The third-order valence-corrected chi connectivity index (χ3v) is 4.56. The summed E-state index contributed by atoms with van der Waals surface area (Å²) in [5, 5.41) is 0. The van der Waals surface area contributed by atoms with Gasteiger partial charge in [-0.2, -0.15) is 0 Å². The molecule has 0 saturated heterocycles. The summed E-state index contributed by atoms with van der Waals surface area (Å²) in [5.41, 5.74) is 4.45. The molecular formula is C15H11IO. The van der Waals surface area contributed by atoms with E-state index in [1.54, 1.807) is 0 Å². The maximum atomic E-state index is 12.2. The molecule has 0 amide bonds. The molecule has 0 bridgehead atoms. The van der Waals surface area contributed by atoms with Gasteiger partial charge in [0.25, 0.3) is 0 Å². The molecule has 17 heavy (non-hydrogen) atoms. The molecule has 0 aromatic heterocycles. The second-order valence-corrected chi connectivity index (χ2v) is 5.49. The van der Waals surface area contributed by atoms with Gasteiger partial charge in [-0.1, -0.05) is 71.1 Å². The highest BCUT2D eigenvalue weighted by atomic mass is 127. The smallest absolute Gasteiger partial charge is 0.167 e. The first-order chi connectivity index (χ1) is 8.27. The van der Waals surface area contributed by atoms with Crippen LogP contribution in [0.25, 0.3) is 0 Å². The van der Waals surface area contributed by atoms with Crippen LogP contribution in [-0.2, 0) is 6.42 Å². The molecule has 2 heteroatoms. The molecule has 2 aromatic carbocycles. The zero-order chi connectivity index (χ0) is 11.8. The van der Waals surface area contributed by atoms with Crippen molar-refractivity contribution in [3.63, 3.8) is 0 Å². The van der Waals surface area contributed by atoms with Gasteiger partial charge in [0.05, 0.1) is 3.92 Å². The van der Waals surface area contributed by atoms with Crippen LogP contribution in [-0.4, -0.2) is 5.78 Å². The van der Waals surface area contributed by atoms with Crippen LogP contribution >= 0.6 is 22.6 Å². The zero-order valence-electron chi connectivity index (χ0n) is 9.19. The predicted octanol–water partition coefficient (Wildman–Crippen LogP) is 3.95. The van der Waals surface area contributed by atoms with Gasteiger partial charge in [0.2, 0.25) is 0 Å². The number of rotatable bonds is 0. The summed E-state index contributed by atoms with van der Waals surface area (Å²) in [7, 11) is 0. The minimum Gasteiger partial charge on any atom is -0.294 e. The van der Waals surface area contributed by atoms with E-state index in [1.807, 2.05) is 30.3 Å². The van der Waals surface area contributed by atoms with Crippen LogP contribution in [0.2, 0.25) is 0 Å². The van der Waals surface area contributed by atoms with E-state index >= 15 is 0 Å². The molecule has 1 nitrogen and oxygen atoms in total. The van der Waals surface area contributed by atoms with Gasteiger partial charge in [0, 0.05) is 12.0 Å². The van der Waals surface area contributed by atoms with Gasteiger partial charge >= 0.3 is 0 Å². The number of hydrogen-bond donors (Lipinski definition) is 0. The highest BCUT2D eigenvalue weighted by Gasteiger charge is 2.24. The third-order valence-electron chi connectivity index (χ3n) is 3.21. The molecule has 0 aliphatic heterocycles. The van der Waals surface area contributed by atoms with Crippen LogP contribution in [0.5, 0.6) is 0 Å². The largest absolute Gasteiger partial charge is 0.294 e. The lowest BCUT2D eigenvalue weighted by atomic mass is 10.0. The van der Waals surface area contributed by atoms with Crippen LogP contribution in [0.3, 0.4) is 0 Å². The average molecular weight is 334 g/mol. The lowest BCUT2D eigenvalue weighted by Gasteiger charge is -2.12. The molecule has 1 atom stereocenters. The van der Waals surface area contributed by atoms with Crippen molar-refractivity contribution in [1.29, 1.82) is 0 Å². The van der Waals surface area contributed by atoms with E-state index in [-0.39, 0.29) is 9.71 Å². The Morgan fingerprint density at radius 2 is 1.59 bits per heavy atom. The Labute approximate surface area is 114 Å². The summed E-state index contributed by atoms with van der Waals surface area (Å²) in [6.45, 7) is 0. The van der Waals surface area contributed by atoms with Crippen molar-refractivity contribution in [3.05, 3.63) is 70.8 Å². The summed E-state index contributed by atoms with van der Waals surface area (Å²) in [4.78, 5) is 12.2. The molecule has 0 radical (unpaired) electrons. The summed E-state index contributed by atoms with van der Waals surface area (Å²) in [6.07, 6.45) is 0.521. The van der Waals surface area contributed by atoms with Crippen LogP contribution in [0.4, 0.5) is 0 Å². The number of fused-ring (bicyclic) bond motifs is 2. The van der Waals surface area contributed by atoms with Crippen molar-refractivity contribution < 1.29 is 4.79 Å². The number of carbonyl (C=O) groups excluding carboxylic acids is 1. The molecule has 1 aliphatic carbocycles. The molecule has 2 aromatic rings. The fourth-order valence-corrected chi connectivity index (χ4v) is 3.50. The normalized spacial score (nSPS) is 18.2. The molecule has 3 rings (SSSR count). The van der Waals surface area contributed by atoms with Crippen LogP contribution in [0.15, 0.2) is 48.5 Å². The fourth-order valence-electron chi connectivity index (χ4n) is 2.35. The van der Waals surface area contributed by atoms with Gasteiger partial charge in [-0.3, -0.25) is 4.79 Å². The SMILES string of the molecule is O=C1Cc2ccccc2C(I)c2ccccc21. The summed E-state index contributed by atoms with van der Waals surface area (Å²) in [5.74, 6) is 0.229. The minimum atomic E-state index is 0.229. The van der Waals surface area contributed by atoms with E-state index in [9.17, 15) is 4.79 Å². The molecule has 1 unspecified atom stereocenters. The molecule has 0 heterocycles.